The van der Waals surface area contributed by atoms with Crippen molar-refractivity contribution in [3.63, 3.8) is 0 Å². The number of para-hydroxylation sites is 1. The van der Waals surface area contributed by atoms with Crippen molar-refractivity contribution in [3.8, 4) is 0 Å². The molecule has 0 fully saturated rings. The van der Waals surface area contributed by atoms with Crippen LogP contribution >= 0.6 is 0 Å². The molecule has 1 aliphatic rings. The van der Waals surface area contributed by atoms with Crippen molar-refractivity contribution in [3.05, 3.63) is 72.7 Å². The Morgan fingerprint density at radius 2 is 1.85 bits per heavy atom. The van der Waals surface area contributed by atoms with Gasteiger partial charge in [0, 0.05) is 18.3 Å². The van der Waals surface area contributed by atoms with Gasteiger partial charge in [-0.15, -0.1) is 4.40 Å². The van der Waals surface area contributed by atoms with E-state index in [1.807, 2.05) is 30.3 Å². The summed E-state index contributed by atoms with van der Waals surface area (Å²) < 4.78 is 35.0. The van der Waals surface area contributed by atoms with Gasteiger partial charge in [-0.25, -0.2) is 0 Å². The zero-order valence-electron chi connectivity index (χ0n) is 14.3. The van der Waals surface area contributed by atoms with E-state index < -0.39 is 10.0 Å². The number of amidine groups is 1. The van der Waals surface area contributed by atoms with Crippen LogP contribution in [0.25, 0.3) is 0 Å². The number of anilines is 3. The first-order valence-corrected chi connectivity index (χ1v) is 9.55. The van der Waals surface area contributed by atoms with Crippen molar-refractivity contribution in [2.24, 2.45) is 4.40 Å². The molecule has 27 heavy (non-hydrogen) atoms. The molecule has 3 aromatic rings. The number of furan rings is 1. The SMILES string of the molecule is CC(=O)Nc1ccc2c(c1)S(=O)(=O)N=C(c1ccco1)N2c1ccccc1. The molecule has 7 nitrogen and oxygen atoms in total. The predicted molar refractivity (Wildman–Crippen MR) is 102 cm³/mol. The zero-order chi connectivity index (χ0) is 19.0. The number of amides is 1. The maximum Gasteiger partial charge on any atom is 0.286 e. The molecule has 4 rings (SSSR count). The van der Waals surface area contributed by atoms with Crippen molar-refractivity contribution in [2.75, 3.05) is 10.2 Å². The number of nitrogens with one attached hydrogen (secondary N) is 1. The summed E-state index contributed by atoms with van der Waals surface area (Å²) in [4.78, 5) is 13.0. The molecule has 1 aliphatic heterocycles. The van der Waals surface area contributed by atoms with Crippen LogP contribution in [0.1, 0.15) is 12.7 Å². The van der Waals surface area contributed by atoms with Crippen molar-refractivity contribution in [1.82, 2.24) is 0 Å². The molecule has 2 aromatic carbocycles. The normalized spacial score (nSPS) is 15.0. The van der Waals surface area contributed by atoms with Crippen molar-refractivity contribution in [2.45, 2.75) is 11.8 Å². The first-order chi connectivity index (χ1) is 13.0. The first kappa shape index (κ1) is 17.0. The van der Waals surface area contributed by atoms with Gasteiger partial charge in [-0.05, 0) is 42.5 Å². The number of hydrogen-bond donors (Lipinski definition) is 1. The maximum absolute atomic E-state index is 12.8. The number of rotatable bonds is 3. The highest BCUT2D eigenvalue weighted by Gasteiger charge is 2.34. The standard InChI is InChI=1S/C19H15N3O4S/c1-13(23)20-14-9-10-16-18(12-14)27(24,25)21-19(17-8-5-11-26-17)22(16)15-6-3-2-4-7-15/h2-12H,1H3,(H,20,23). The van der Waals surface area contributed by atoms with E-state index in [-0.39, 0.29) is 16.6 Å². The van der Waals surface area contributed by atoms with Crippen LogP contribution in [0, 0.1) is 0 Å². The van der Waals surface area contributed by atoms with Gasteiger partial charge in [0.2, 0.25) is 5.91 Å². The molecular formula is C19H15N3O4S. The summed E-state index contributed by atoms with van der Waals surface area (Å²) in [5.41, 5.74) is 1.54. The minimum atomic E-state index is -3.98. The highest BCUT2D eigenvalue weighted by molar-refractivity contribution is 7.90. The summed E-state index contributed by atoms with van der Waals surface area (Å²) in [6.07, 6.45) is 1.46. The van der Waals surface area contributed by atoms with Crippen LogP contribution in [0.5, 0.6) is 0 Å². The lowest BCUT2D eigenvalue weighted by molar-refractivity contribution is -0.114. The number of carbonyl (C=O) groups excluding carboxylic acids is 1. The van der Waals surface area contributed by atoms with Gasteiger partial charge < -0.3 is 9.73 Å². The smallest absolute Gasteiger partial charge is 0.286 e. The third kappa shape index (κ3) is 3.11. The first-order valence-electron chi connectivity index (χ1n) is 8.11. The van der Waals surface area contributed by atoms with Crippen molar-refractivity contribution in [1.29, 1.82) is 0 Å². The van der Waals surface area contributed by atoms with Crippen LogP contribution in [-0.4, -0.2) is 20.2 Å². The molecule has 0 saturated heterocycles. The number of benzene rings is 2. The lowest BCUT2D eigenvalue weighted by Gasteiger charge is -2.30. The monoisotopic (exact) mass is 381 g/mol. The highest BCUT2D eigenvalue weighted by atomic mass is 32.2. The average molecular weight is 381 g/mol. The van der Waals surface area contributed by atoms with Gasteiger partial charge >= 0.3 is 0 Å². The second kappa shape index (κ2) is 6.40. The van der Waals surface area contributed by atoms with E-state index in [0.29, 0.717) is 17.1 Å². The quantitative estimate of drug-likeness (QED) is 0.749. The Morgan fingerprint density at radius 3 is 2.52 bits per heavy atom. The second-order valence-electron chi connectivity index (χ2n) is 5.90. The summed E-state index contributed by atoms with van der Waals surface area (Å²) in [5, 5.41) is 2.60. The molecule has 1 aromatic heterocycles. The van der Waals surface area contributed by atoms with Crippen LogP contribution in [0.2, 0.25) is 0 Å². The van der Waals surface area contributed by atoms with E-state index in [2.05, 4.69) is 9.71 Å². The second-order valence-corrected chi connectivity index (χ2v) is 7.47. The molecule has 0 bridgehead atoms. The summed E-state index contributed by atoms with van der Waals surface area (Å²) in [7, 11) is -3.98. The van der Waals surface area contributed by atoms with Gasteiger partial charge in [-0.2, -0.15) is 8.42 Å². The summed E-state index contributed by atoms with van der Waals surface area (Å²) in [5.74, 6) is 0.216. The van der Waals surface area contributed by atoms with Crippen LogP contribution < -0.4 is 10.2 Å². The Bertz CT molecular complexity index is 1140. The van der Waals surface area contributed by atoms with Gasteiger partial charge in [-0.1, -0.05) is 18.2 Å². The number of fused-ring (bicyclic) bond motifs is 1. The molecule has 1 N–H and O–H groups in total. The van der Waals surface area contributed by atoms with Gasteiger partial charge in [-0.3, -0.25) is 9.69 Å². The Morgan fingerprint density at radius 1 is 1.07 bits per heavy atom. The molecule has 1 amide bonds. The Kier molecular flexibility index (Phi) is 4.04. The van der Waals surface area contributed by atoms with E-state index in [1.165, 1.54) is 19.3 Å². The third-order valence-electron chi connectivity index (χ3n) is 3.97. The zero-order valence-corrected chi connectivity index (χ0v) is 15.1. The van der Waals surface area contributed by atoms with Crippen molar-refractivity contribution < 1.29 is 17.6 Å². The number of sulfonamides is 1. The lowest BCUT2D eigenvalue weighted by atomic mass is 10.2. The van der Waals surface area contributed by atoms with Gasteiger partial charge in [0.05, 0.1) is 12.0 Å². The molecular weight excluding hydrogens is 366 g/mol. The predicted octanol–water partition coefficient (Wildman–Crippen LogP) is 3.53. The molecule has 0 spiro atoms. The molecule has 2 heterocycles. The molecule has 8 heteroatoms. The summed E-state index contributed by atoms with van der Waals surface area (Å²) in [6, 6.07) is 17.3. The maximum atomic E-state index is 12.8. The number of carbonyl (C=O) groups is 1. The van der Waals surface area contributed by atoms with Gasteiger partial charge in [0.15, 0.2) is 11.6 Å². The van der Waals surface area contributed by atoms with Crippen LogP contribution in [0.4, 0.5) is 17.1 Å². The van der Waals surface area contributed by atoms with E-state index in [0.717, 1.165) is 5.69 Å². The van der Waals surface area contributed by atoms with Gasteiger partial charge in [0.25, 0.3) is 10.0 Å². The minimum absolute atomic E-state index is 0.00732. The fourth-order valence-electron chi connectivity index (χ4n) is 2.90. The van der Waals surface area contributed by atoms with Crippen LogP contribution in [0.15, 0.2) is 80.6 Å². The fourth-order valence-corrected chi connectivity index (χ4v) is 4.10. The van der Waals surface area contributed by atoms with Crippen molar-refractivity contribution >= 4 is 38.8 Å². The van der Waals surface area contributed by atoms with Gasteiger partial charge in [0.1, 0.15) is 4.90 Å². The Labute approximate surface area is 156 Å². The topological polar surface area (TPSA) is 92.0 Å². The van der Waals surface area contributed by atoms with Crippen LogP contribution in [-0.2, 0) is 14.8 Å². The molecule has 0 radical (unpaired) electrons. The Balaban J connectivity index is 1.96. The molecule has 136 valence electrons. The summed E-state index contributed by atoms with van der Waals surface area (Å²) >= 11 is 0. The number of nitrogens with zero attached hydrogens (tertiary/aromatic N) is 2. The number of hydrogen-bond acceptors (Lipinski definition) is 5. The van der Waals surface area contributed by atoms with Crippen LogP contribution in [0.3, 0.4) is 0 Å². The molecule has 0 unspecified atom stereocenters. The lowest BCUT2D eigenvalue weighted by Crippen LogP contribution is -2.32. The highest BCUT2D eigenvalue weighted by Crippen LogP contribution is 2.39. The summed E-state index contributed by atoms with van der Waals surface area (Å²) in [6.45, 7) is 1.36. The van der Waals surface area contributed by atoms with E-state index in [9.17, 15) is 13.2 Å². The Hall–Kier alpha value is -3.39. The largest absolute Gasteiger partial charge is 0.461 e. The van der Waals surface area contributed by atoms with E-state index >= 15 is 0 Å². The molecule has 0 atom stereocenters. The minimum Gasteiger partial charge on any atom is -0.461 e. The molecule has 0 aliphatic carbocycles. The van der Waals surface area contributed by atoms with E-state index in [4.69, 9.17) is 4.42 Å². The average Bonchev–Trinajstić information content (AvgIpc) is 3.16. The third-order valence-corrected chi connectivity index (χ3v) is 5.27. The molecule has 0 saturated carbocycles. The van der Waals surface area contributed by atoms with E-state index in [1.54, 1.807) is 29.2 Å². The fraction of sp³-hybridized carbons (Fsp3) is 0.0526.